The SMILES string of the molecule is COc1cc(/C=C(\C)C(N)=O)cc(OC)c1O. The van der Waals surface area contributed by atoms with Crippen molar-refractivity contribution in [2.45, 2.75) is 6.92 Å². The number of aromatic hydroxyl groups is 1. The standard InChI is InChI=1S/C12H15NO4/c1-7(12(13)15)4-8-5-9(16-2)11(14)10(6-8)17-3/h4-6,14H,1-3H3,(H2,13,15)/b7-4+. The first-order valence-corrected chi connectivity index (χ1v) is 4.92. The number of rotatable bonds is 4. The molecule has 0 fully saturated rings. The molecular weight excluding hydrogens is 222 g/mol. The molecule has 0 saturated carbocycles. The molecule has 1 rings (SSSR count). The minimum Gasteiger partial charge on any atom is -0.502 e. The first-order chi connectivity index (χ1) is 7.99. The van der Waals surface area contributed by atoms with Gasteiger partial charge in [-0.15, -0.1) is 0 Å². The summed E-state index contributed by atoms with van der Waals surface area (Å²) in [7, 11) is 2.87. The van der Waals surface area contributed by atoms with Crippen LogP contribution in [0.25, 0.3) is 6.08 Å². The Hall–Kier alpha value is -2.17. The van der Waals surface area contributed by atoms with Crippen LogP contribution in [0.4, 0.5) is 0 Å². The summed E-state index contributed by atoms with van der Waals surface area (Å²) < 4.78 is 9.99. The van der Waals surface area contributed by atoms with Crippen molar-refractivity contribution in [3.63, 3.8) is 0 Å². The van der Waals surface area contributed by atoms with E-state index in [1.807, 2.05) is 0 Å². The minimum absolute atomic E-state index is 0.0797. The molecule has 1 aromatic rings. The molecule has 5 nitrogen and oxygen atoms in total. The molecule has 3 N–H and O–H groups in total. The number of amides is 1. The average molecular weight is 237 g/mol. The fourth-order valence-electron chi connectivity index (χ4n) is 1.32. The number of nitrogens with two attached hydrogens (primary N) is 1. The van der Waals surface area contributed by atoms with Crippen LogP contribution in [0.3, 0.4) is 0 Å². The molecular formula is C12H15NO4. The number of ether oxygens (including phenoxy) is 2. The van der Waals surface area contributed by atoms with Crippen LogP contribution in [0, 0.1) is 0 Å². The Morgan fingerprint density at radius 3 is 2.12 bits per heavy atom. The average Bonchev–Trinajstić information content (AvgIpc) is 2.30. The summed E-state index contributed by atoms with van der Waals surface area (Å²) >= 11 is 0. The van der Waals surface area contributed by atoms with E-state index in [0.717, 1.165) is 0 Å². The van der Waals surface area contributed by atoms with Gasteiger partial charge in [0.05, 0.1) is 14.2 Å². The lowest BCUT2D eigenvalue weighted by Crippen LogP contribution is -2.11. The summed E-state index contributed by atoms with van der Waals surface area (Å²) in [5, 5.41) is 9.69. The van der Waals surface area contributed by atoms with Crippen molar-refractivity contribution in [3.8, 4) is 17.2 Å². The van der Waals surface area contributed by atoms with Crippen molar-refractivity contribution in [3.05, 3.63) is 23.3 Å². The van der Waals surface area contributed by atoms with Gasteiger partial charge in [-0.3, -0.25) is 4.79 Å². The van der Waals surface area contributed by atoms with Crippen LogP contribution in [-0.2, 0) is 4.79 Å². The number of phenols is 1. The van der Waals surface area contributed by atoms with Crippen molar-refractivity contribution in [1.29, 1.82) is 0 Å². The molecule has 0 saturated heterocycles. The zero-order valence-electron chi connectivity index (χ0n) is 9.98. The Bertz CT molecular complexity index is 441. The number of carbonyl (C=O) groups excluding carboxylic acids is 1. The van der Waals surface area contributed by atoms with Gasteiger partial charge >= 0.3 is 0 Å². The van der Waals surface area contributed by atoms with Gasteiger partial charge in [-0.05, 0) is 30.7 Å². The van der Waals surface area contributed by atoms with Gasteiger partial charge in [-0.2, -0.15) is 0 Å². The second-order valence-corrected chi connectivity index (χ2v) is 3.47. The normalized spacial score (nSPS) is 11.1. The first kappa shape index (κ1) is 12.9. The quantitative estimate of drug-likeness (QED) is 0.773. The maximum atomic E-state index is 10.9. The van der Waals surface area contributed by atoms with Crippen LogP contribution in [0.1, 0.15) is 12.5 Å². The fourth-order valence-corrected chi connectivity index (χ4v) is 1.32. The van der Waals surface area contributed by atoms with Gasteiger partial charge in [0.15, 0.2) is 11.5 Å². The zero-order chi connectivity index (χ0) is 13.0. The van der Waals surface area contributed by atoms with Gasteiger partial charge < -0.3 is 20.3 Å². The van der Waals surface area contributed by atoms with Gasteiger partial charge in [0.2, 0.25) is 11.7 Å². The Labute approximate surface area is 99.5 Å². The lowest BCUT2D eigenvalue weighted by molar-refractivity contribution is -0.114. The number of hydrogen-bond acceptors (Lipinski definition) is 4. The van der Waals surface area contributed by atoms with E-state index in [2.05, 4.69) is 0 Å². The van der Waals surface area contributed by atoms with Crippen LogP contribution >= 0.6 is 0 Å². The van der Waals surface area contributed by atoms with E-state index in [1.165, 1.54) is 14.2 Å². The van der Waals surface area contributed by atoms with Crippen molar-refractivity contribution in [2.24, 2.45) is 5.73 Å². The Morgan fingerprint density at radius 2 is 1.76 bits per heavy atom. The Kier molecular flexibility index (Phi) is 3.98. The van der Waals surface area contributed by atoms with Crippen LogP contribution in [-0.4, -0.2) is 25.2 Å². The third-order valence-electron chi connectivity index (χ3n) is 2.27. The second-order valence-electron chi connectivity index (χ2n) is 3.47. The van der Waals surface area contributed by atoms with Crippen molar-refractivity contribution < 1.29 is 19.4 Å². The van der Waals surface area contributed by atoms with E-state index in [-0.39, 0.29) is 17.2 Å². The summed E-state index contributed by atoms with van der Waals surface area (Å²) in [6, 6.07) is 3.18. The smallest absolute Gasteiger partial charge is 0.244 e. The highest BCUT2D eigenvalue weighted by Crippen LogP contribution is 2.37. The maximum Gasteiger partial charge on any atom is 0.244 e. The highest BCUT2D eigenvalue weighted by atomic mass is 16.5. The molecule has 0 spiro atoms. The number of methoxy groups -OCH3 is 2. The molecule has 0 atom stereocenters. The third-order valence-corrected chi connectivity index (χ3v) is 2.27. The minimum atomic E-state index is -0.504. The van der Waals surface area contributed by atoms with Crippen molar-refractivity contribution >= 4 is 12.0 Å². The Balaban J connectivity index is 3.27. The van der Waals surface area contributed by atoms with Gasteiger partial charge in [0, 0.05) is 5.57 Å². The number of primary amides is 1. The molecule has 1 aromatic carbocycles. The van der Waals surface area contributed by atoms with E-state index in [4.69, 9.17) is 15.2 Å². The first-order valence-electron chi connectivity index (χ1n) is 4.92. The predicted octanol–water partition coefficient (Wildman–Crippen LogP) is 1.30. The second kappa shape index (κ2) is 5.25. The highest BCUT2D eigenvalue weighted by molar-refractivity contribution is 5.96. The van der Waals surface area contributed by atoms with E-state index in [9.17, 15) is 9.90 Å². The Morgan fingerprint density at radius 1 is 1.29 bits per heavy atom. The zero-order valence-corrected chi connectivity index (χ0v) is 9.98. The highest BCUT2D eigenvalue weighted by Gasteiger charge is 2.10. The summed E-state index contributed by atoms with van der Waals surface area (Å²) in [4.78, 5) is 10.9. The number of benzene rings is 1. The van der Waals surface area contributed by atoms with Gasteiger partial charge in [-0.1, -0.05) is 0 Å². The lowest BCUT2D eigenvalue weighted by atomic mass is 10.1. The predicted molar refractivity (Wildman–Crippen MR) is 64.1 cm³/mol. The topological polar surface area (TPSA) is 81.8 Å². The summed E-state index contributed by atoms with van der Waals surface area (Å²) in [5.74, 6) is -0.0411. The molecule has 0 radical (unpaired) electrons. The lowest BCUT2D eigenvalue weighted by Gasteiger charge is -2.09. The molecule has 0 aliphatic heterocycles. The molecule has 0 aliphatic rings. The molecule has 17 heavy (non-hydrogen) atoms. The summed E-state index contributed by atoms with van der Waals surface area (Å²) in [5.41, 5.74) is 6.20. The molecule has 1 amide bonds. The molecule has 0 aliphatic carbocycles. The van der Waals surface area contributed by atoms with E-state index in [1.54, 1.807) is 25.1 Å². The van der Waals surface area contributed by atoms with Gasteiger partial charge in [-0.25, -0.2) is 0 Å². The molecule has 0 aromatic heterocycles. The molecule has 5 heteroatoms. The maximum absolute atomic E-state index is 10.9. The van der Waals surface area contributed by atoms with E-state index in [0.29, 0.717) is 11.1 Å². The fraction of sp³-hybridized carbons (Fsp3) is 0.250. The number of carbonyl (C=O) groups is 1. The van der Waals surface area contributed by atoms with Gasteiger partial charge in [0.25, 0.3) is 0 Å². The molecule has 92 valence electrons. The number of hydrogen-bond donors (Lipinski definition) is 2. The van der Waals surface area contributed by atoms with Gasteiger partial charge in [0.1, 0.15) is 0 Å². The monoisotopic (exact) mass is 237 g/mol. The van der Waals surface area contributed by atoms with Crippen LogP contribution in [0.2, 0.25) is 0 Å². The summed E-state index contributed by atoms with van der Waals surface area (Å²) in [6.45, 7) is 1.61. The van der Waals surface area contributed by atoms with E-state index >= 15 is 0 Å². The molecule has 0 heterocycles. The molecule has 0 bridgehead atoms. The van der Waals surface area contributed by atoms with Crippen LogP contribution < -0.4 is 15.2 Å². The largest absolute Gasteiger partial charge is 0.502 e. The number of phenolic OH excluding ortho intramolecular Hbond substituents is 1. The van der Waals surface area contributed by atoms with Crippen LogP contribution in [0.15, 0.2) is 17.7 Å². The van der Waals surface area contributed by atoms with Crippen LogP contribution in [0.5, 0.6) is 17.2 Å². The third kappa shape index (κ3) is 2.90. The summed E-state index contributed by atoms with van der Waals surface area (Å²) in [6.07, 6.45) is 1.59. The molecule has 0 unspecified atom stereocenters. The van der Waals surface area contributed by atoms with E-state index < -0.39 is 5.91 Å². The van der Waals surface area contributed by atoms with Crippen molar-refractivity contribution in [1.82, 2.24) is 0 Å². The van der Waals surface area contributed by atoms with Crippen molar-refractivity contribution in [2.75, 3.05) is 14.2 Å².